The van der Waals surface area contributed by atoms with E-state index in [4.69, 9.17) is 5.73 Å². The Morgan fingerprint density at radius 2 is 1.95 bits per heavy atom. The van der Waals surface area contributed by atoms with Crippen molar-refractivity contribution >= 4 is 27.5 Å². The van der Waals surface area contributed by atoms with Gasteiger partial charge in [-0.05, 0) is 37.6 Å². The van der Waals surface area contributed by atoms with Gasteiger partial charge in [-0.2, -0.15) is 0 Å². The zero-order valence-corrected chi connectivity index (χ0v) is 13.4. The molecule has 3 nitrogen and oxygen atoms in total. The fourth-order valence-corrected chi connectivity index (χ4v) is 2.89. The van der Waals surface area contributed by atoms with Crippen LogP contribution in [-0.4, -0.2) is 5.91 Å². The number of nitrogens with two attached hydrogens (primary N) is 1. The Bertz CT molecular complexity index is 690. The van der Waals surface area contributed by atoms with Crippen LogP contribution in [-0.2, 0) is 10.3 Å². The van der Waals surface area contributed by atoms with Gasteiger partial charge in [0.2, 0.25) is 5.91 Å². The van der Waals surface area contributed by atoms with Crippen LogP contribution in [0.2, 0.25) is 0 Å². The average molecular weight is 351 g/mol. The predicted octanol–water partition coefficient (Wildman–Crippen LogP) is 3.71. The first-order valence-electron chi connectivity index (χ1n) is 6.44. The van der Waals surface area contributed by atoms with Gasteiger partial charge in [-0.25, -0.2) is 4.39 Å². The molecule has 2 aromatic carbocycles. The standard InChI is InChI=1S/C16H16BrFN2O/c1-10-5-3-4-6-14(10)20-16(2,15(19)21)12-8-7-11(18)9-13(12)17/h3-9,20H,1-2H3,(H2,19,21). The maximum Gasteiger partial charge on any atom is 0.247 e. The van der Waals surface area contributed by atoms with Gasteiger partial charge in [0.15, 0.2) is 0 Å². The van der Waals surface area contributed by atoms with Gasteiger partial charge >= 0.3 is 0 Å². The number of anilines is 1. The molecule has 0 heterocycles. The highest BCUT2D eigenvalue weighted by molar-refractivity contribution is 9.10. The third kappa shape index (κ3) is 3.08. The zero-order valence-electron chi connectivity index (χ0n) is 11.8. The summed E-state index contributed by atoms with van der Waals surface area (Å²) in [5.74, 6) is -0.925. The summed E-state index contributed by atoms with van der Waals surface area (Å²) in [4.78, 5) is 12.0. The number of hydrogen-bond donors (Lipinski definition) is 2. The normalized spacial score (nSPS) is 13.5. The number of halogens is 2. The molecule has 0 aromatic heterocycles. The van der Waals surface area contributed by atoms with Gasteiger partial charge in [0.05, 0.1) is 0 Å². The van der Waals surface area contributed by atoms with Crippen LogP contribution >= 0.6 is 15.9 Å². The molecule has 110 valence electrons. The van der Waals surface area contributed by atoms with E-state index in [1.807, 2.05) is 31.2 Å². The van der Waals surface area contributed by atoms with Crippen LogP contribution in [0.5, 0.6) is 0 Å². The van der Waals surface area contributed by atoms with E-state index in [1.165, 1.54) is 12.1 Å². The first-order chi connectivity index (χ1) is 9.84. The molecule has 1 unspecified atom stereocenters. The van der Waals surface area contributed by atoms with E-state index in [-0.39, 0.29) is 5.82 Å². The number of primary amides is 1. The van der Waals surface area contributed by atoms with Crippen LogP contribution in [0.25, 0.3) is 0 Å². The smallest absolute Gasteiger partial charge is 0.247 e. The van der Waals surface area contributed by atoms with Gasteiger partial charge in [-0.15, -0.1) is 0 Å². The molecule has 1 amide bonds. The monoisotopic (exact) mass is 350 g/mol. The van der Waals surface area contributed by atoms with Crippen LogP contribution in [0, 0.1) is 12.7 Å². The number of aryl methyl sites for hydroxylation is 1. The lowest BCUT2D eigenvalue weighted by Gasteiger charge is -2.30. The van der Waals surface area contributed by atoms with Crippen molar-refractivity contribution in [1.29, 1.82) is 0 Å². The van der Waals surface area contributed by atoms with Gasteiger partial charge in [-0.1, -0.05) is 40.2 Å². The topological polar surface area (TPSA) is 55.1 Å². The van der Waals surface area contributed by atoms with E-state index in [9.17, 15) is 9.18 Å². The number of hydrogen-bond acceptors (Lipinski definition) is 2. The van der Waals surface area contributed by atoms with E-state index in [0.717, 1.165) is 11.3 Å². The number of carbonyl (C=O) groups excluding carboxylic acids is 1. The molecule has 5 heteroatoms. The maximum atomic E-state index is 13.3. The van der Waals surface area contributed by atoms with Crippen molar-refractivity contribution in [3.05, 3.63) is 63.9 Å². The van der Waals surface area contributed by atoms with E-state index in [1.54, 1.807) is 13.0 Å². The molecule has 0 aliphatic heterocycles. The van der Waals surface area contributed by atoms with Crippen LogP contribution in [0.4, 0.5) is 10.1 Å². The summed E-state index contributed by atoms with van der Waals surface area (Å²) in [6.45, 7) is 3.61. The summed E-state index contributed by atoms with van der Waals surface area (Å²) in [6.07, 6.45) is 0. The average Bonchev–Trinajstić information content (AvgIpc) is 2.41. The minimum atomic E-state index is -1.15. The zero-order chi connectivity index (χ0) is 15.6. The molecule has 1 atom stereocenters. The molecule has 2 rings (SSSR count). The second kappa shape index (κ2) is 5.85. The maximum absolute atomic E-state index is 13.3. The largest absolute Gasteiger partial charge is 0.368 e. The third-order valence-corrected chi connectivity index (χ3v) is 4.15. The van der Waals surface area contributed by atoms with Crippen molar-refractivity contribution in [2.24, 2.45) is 5.73 Å². The molecule has 0 spiro atoms. The number of benzene rings is 2. The second-order valence-corrected chi connectivity index (χ2v) is 5.91. The summed E-state index contributed by atoms with van der Waals surface area (Å²) in [5.41, 5.74) is 6.81. The quantitative estimate of drug-likeness (QED) is 0.882. The van der Waals surface area contributed by atoms with E-state index in [2.05, 4.69) is 21.2 Å². The predicted molar refractivity (Wildman–Crippen MR) is 85.4 cm³/mol. The lowest BCUT2D eigenvalue weighted by atomic mass is 9.90. The minimum Gasteiger partial charge on any atom is -0.368 e. The number of nitrogens with one attached hydrogen (secondary N) is 1. The Kier molecular flexibility index (Phi) is 4.32. The Balaban J connectivity index is 2.51. The fourth-order valence-electron chi connectivity index (χ4n) is 2.14. The number of para-hydroxylation sites is 1. The van der Waals surface area contributed by atoms with Crippen LogP contribution in [0.1, 0.15) is 18.1 Å². The Morgan fingerprint density at radius 3 is 2.52 bits per heavy atom. The molecule has 0 fully saturated rings. The molecule has 3 N–H and O–H groups in total. The van der Waals surface area contributed by atoms with Gasteiger partial charge in [0.1, 0.15) is 11.4 Å². The molecule has 21 heavy (non-hydrogen) atoms. The molecular weight excluding hydrogens is 335 g/mol. The number of rotatable bonds is 4. The fraction of sp³-hybridized carbons (Fsp3) is 0.188. The Labute approximate surface area is 131 Å². The van der Waals surface area contributed by atoms with Crippen molar-refractivity contribution in [1.82, 2.24) is 0 Å². The molecule has 0 radical (unpaired) electrons. The molecule has 0 saturated carbocycles. The molecule has 0 saturated heterocycles. The van der Waals surface area contributed by atoms with E-state index in [0.29, 0.717) is 10.0 Å². The van der Waals surface area contributed by atoms with Crippen molar-refractivity contribution in [2.75, 3.05) is 5.32 Å². The summed E-state index contributed by atoms with van der Waals surface area (Å²) in [6, 6.07) is 11.8. The molecule has 0 aliphatic carbocycles. The lowest BCUT2D eigenvalue weighted by Crippen LogP contribution is -2.45. The van der Waals surface area contributed by atoms with E-state index < -0.39 is 11.4 Å². The lowest BCUT2D eigenvalue weighted by molar-refractivity contribution is -0.122. The molecular formula is C16H16BrFN2O. The second-order valence-electron chi connectivity index (χ2n) is 5.05. The van der Waals surface area contributed by atoms with Gasteiger partial charge in [-0.3, -0.25) is 4.79 Å². The first-order valence-corrected chi connectivity index (χ1v) is 7.23. The first kappa shape index (κ1) is 15.5. The highest BCUT2D eigenvalue weighted by Crippen LogP contribution is 2.33. The van der Waals surface area contributed by atoms with Crippen LogP contribution < -0.4 is 11.1 Å². The Hall–Kier alpha value is -1.88. The summed E-state index contributed by atoms with van der Waals surface area (Å²) in [7, 11) is 0. The van der Waals surface area contributed by atoms with E-state index >= 15 is 0 Å². The van der Waals surface area contributed by atoms with Crippen LogP contribution in [0.15, 0.2) is 46.9 Å². The van der Waals surface area contributed by atoms with Gasteiger partial charge in [0, 0.05) is 15.7 Å². The van der Waals surface area contributed by atoms with Crippen LogP contribution in [0.3, 0.4) is 0 Å². The minimum absolute atomic E-state index is 0.381. The highest BCUT2D eigenvalue weighted by atomic mass is 79.9. The highest BCUT2D eigenvalue weighted by Gasteiger charge is 2.35. The van der Waals surface area contributed by atoms with Crippen molar-refractivity contribution in [3.63, 3.8) is 0 Å². The van der Waals surface area contributed by atoms with Crippen molar-refractivity contribution < 1.29 is 9.18 Å². The summed E-state index contributed by atoms with van der Waals surface area (Å²) in [5, 5.41) is 3.17. The molecule has 2 aromatic rings. The number of amides is 1. The Morgan fingerprint density at radius 1 is 1.29 bits per heavy atom. The molecule has 0 aliphatic rings. The SMILES string of the molecule is Cc1ccccc1NC(C)(C(N)=O)c1ccc(F)cc1Br. The molecule has 0 bridgehead atoms. The van der Waals surface area contributed by atoms with Gasteiger partial charge in [0.25, 0.3) is 0 Å². The summed E-state index contributed by atoms with van der Waals surface area (Å²) < 4.78 is 13.8. The van der Waals surface area contributed by atoms with Crippen molar-refractivity contribution in [3.8, 4) is 0 Å². The number of carbonyl (C=O) groups is 1. The summed E-state index contributed by atoms with van der Waals surface area (Å²) >= 11 is 3.30. The third-order valence-electron chi connectivity index (χ3n) is 3.49. The van der Waals surface area contributed by atoms with Gasteiger partial charge < -0.3 is 11.1 Å². The van der Waals surface area contributed by atoms with Crippen molar-refractivity contribution in [2.45, 2.75) is 19.4 Å².